The SMILES string of the molecule is CNC(c1cccc(Cl)c1)C1CN2CCN1CC2. The number of nitrogens with zero attached hydrogens (tertiary/aromatic N) is 2. The second-order valence-electron chi connectivity index (χ2n) is 5.23. The van der Waals surface area contributed by atoms with Crippen molar-refractivity contribution in [3.05, 3.63) is 34.9 Å². The summed E-state index contributed by atoms with van der Waals surface area (Å²) in [4.78, 5) is 5.18. The maximum atomic E-state index is 6.11. The molecule has 3 aliphatic heterocycles. The van der Waals surface area contributed by atoms with Gasteiger partial charge in [-0.2, -0.15) is 0 Å². The number of halogens is 1. The first kappa shape index (κ1) is 12.4. The summed E-state index contributed by atoms with van der Waals surface area (Å²) in [7, 11) is 2.05. The second kappa shape index (κ2) is 5.17. The van der Waals surface area contributed by atoms with E-state index in [1.165, 1.54) is 31.7 Å². The van der Waals surface area contributed by atoms with Gasteiger partial charge in [0.25, 0.3) is 0 Å². The lowest BCUT2D eigenvalue weighted by Crippen LogP contribution is -2.63. The minimum absolute atomic E-state index is 0.367. The summed E-state index contributed by atoms with van der Waals surface area (Å²) in [5, 5.41) is 4.30. The van der Waals surface area contributed by atoms with E-state index < -0.39 is 0 Å². The van der Waals surface area contributed by atoms with E-state index in [2.05, 4.69) is 27.2 Å². The van der Waals surface area contributed by atoms with Crippen molar-refractivity contribution in [3.8, 4) is 0 Å². The number of hydrogen-bond donors (Lipinski definition) is 1. The molecule has 0 aromatic heterocycles. The Labute approximate surface area is 114 Å². The van der Waals surface area contributed by atoms with Gasteiger partial charge < -0.3 is 5.32 Å². The molecule has 0 saturated carbocycles. The van der Waals surface area contributed by atoms with Crippen molar-refractivity contribution in [2.24, 2.45) is 0 Å². The average molecular weight is 266 g/mol. The van der Waals surface area contributed by atoms with Gasteiger partial charge in [0.05, 0.1) is 0 Å². The summed E-state index contributed by atoms with van der Waals surface area (Å²) in [6.45, 7) is 6.01. The summed E-state index contributed by atoms with van der Waals surface area (Å²) >= 11 is 6.11. The van der Waals surface area contributed by atoms with Gasteiger partial charge in [0.2, 0.25) is 0 Å². The molecule has 4 heteroatoms. The van der Waals surface area contributed by atoms with Gasteiger partial charge in [0, 0.05) is 49.8 Å². The summed E-state index contributed by atoms with van der Waals surface area (Å²) in [5.41, 5.74) is 1.30. The Bertz CT molecular complexity index is 415. The first-order chi connectivity index (χ1) is 8.78. The fourth-order valence-corrected chi connectivity index (χ4v) is 3.45. The van der Waals surface area contributed by atoms with Crippen LogP contribution in [0.5, 0.6) is 0 Å². The van der Waals surface area contributed by atoms with Gasteiger partial charge in [-0.25, -0.2) is 0 Å². The number of likely N-dealkylation sites (N-methyl/N-ethyl adjacent to an activating group) is 1. The Morgan fingerprint density at radius 3 is 2.61 bits per heavy atom. The van der Waals surface area contributed by atoms with Gasteiger partial charge in [-0.1, -0.05) is 23.7 Å². The van der Waals surface area contributed by atoms with Gasteiger partial charge in [-0.05, 0) is 24.7 Å². The summed E-state index contributed by atoms with van der Waals surface area (Å²) in [5.74, 6) is 0. The smallest absolute Gasteiger partial charge is 0.0488 e. The largest absolute Gasteiger partial charge is 0.312 e. The zero-order chi connectivity index (χ0) is 12.5. The molecule has 3 saturated heterocycles. The van der Waals surface area contributed by atoms with E-state index in [0.29, 0.717) is 12.1 Å². The van der Waals surface area contributed by atoms with Crippen molar-refractivity contribution < 1.29 is 0 Å². The van der Waals surface area contributed by atoms with Crippen LogP contribution in [0.15, 0.2) is 24.3 Å². The van der Waals surface area contributed by atoms with E-state index in [9.17, 15) is 0 Å². The Hall–Kier alpha value is -0.610. The minimum Gasteiger partial charge on any atom is -0.312 e. The van der Waals surface area contributed by atoms with Crippen LogP contribution in [0, 0.1) is 0 Å². The zero-order valence-electron chi connectivity index (χ0n) is 10.8. The zero-order valence-corrected chi connectivity index (χ0v) is 11.5. The van der Waals surface area contributed by atoms with Crippen molar-refractivity contribution in [2.45, 2.75) is 12.1 Å². The van der Waals surface area contributed by atoms with Crippen molar-refractivity contribution in [1.29, 1.82) is 0 Å². The summed E-state index contributed by atoms with van der Waals surface area (Å²) in [6, 6.07) is 9.17. The Balaban J connectivity index is 1.84. The number of rotatable bonds is 3. The Morgan fingerprint density at radius 2 is 2.06 bits per heavy atom. The van der Waals surface area contributed by atoms with Crippen LogP contribution < -0.4 is 5.32 Å². The molecule has 18 heavy (non-hydrogen) atoms. The molecule has 3 nitrogen and oxygen atoms in total. The fraction of sp³-hybridized carbons (Fsp3) is 0.571. The highest BCUT2D eigenvalue weighted by Gasteiger charge is 2.36. The maximum Gasteiger partial charge on any atom is 0.0488 e. The summed E-state index contributed by atoms with van der Waals surface area (Å²) in [6.07, 6.45) is 0. The van der Waals surface area contributed by atoms with Gasteiger partial charge in [-0.3, -0.25) is 9.80 Å². The van der Waals surface area contributed by atoms with Crippen LogP contribution in [0.25, 0.3) is 0 Å². The number of hydrogen-bond acceptors (Lipinski definition) is 3. The molecule has 2 bridgehead atoms. The van der Waals surface area contributed by atoms with Gasteiger partial charge in [0.15, 0.2) is 0 Å². The van der Waals surface area contributed by atoms with Crippen LogP contribution in [0.3, 0.4) is 0 Å². The fourth-order valence-electron chi connectivity index (χ4n) is 3.26. The number of fused-ring (bicyclic) bond motifs is 3. The van der Waals surface area contributed by atoms with Crippen LogP contribution >= 0.6 is 11.6 Å². The molecule has 3 heterocycles. The Morgan fingerprint density at radius 1 is 1.28 bits per heavy atom. The molecule has 0 amide bonds. The first-order valence-electron chi connectivity index (χ1n) is 6.67. The normalized spacial score (nSPS) is 32.4. The van der Waals surface area contributed by atoms with Gasteiger partial charge in [0.1, 0.15) is 0 Å². The lowest BCUT2D eigenvalue weighted by atomic mass is 9.94. The van der Waals surface area contributed by atoms with Crippen molar-refractivity contribution in [2.75, 3.05) is 39.8 Å². The third-order valence-electron chi connectivity index (χ3n) is 4.22. The number of nitrogens with one attached hydrogen (secondary N) is 1. The first-order valence-corrected chi connectivity index (χ1v) is 7.05. The molecular weight excluding hydrogens is 246 g/mol. The van der Waals surface area contributed by atoms with E-state index in [0.717, 1.165) is 11.6 Å². The predicted octanol–water partition coefficient (Wildman–Crippen LogP) is 1.60. The lowest BCUT2D eigenvalue weighted by molar-refractivity contribution is -0.00254. The molecule has 1 N–H and O–H groups in total. The van der Waals surface area contributed by atoms with Crippen molar-refractivity contribution in [1.82, 2.24) is 15.1 Å². The van der Waals surface area contributed by atoms with Crippen LogP contribution in [0.2, 0.25) is 5.02 Å². The van der Waals surface area contributed by atoms with Crippen LogP contribution in [0.4, 0.5) is 0 Å². The molecule has 0 radical (unpaired) electrons. The third-order valence-corrected chi connectivity index (χ3v) is 4.46. The predicted molar refractivity (Wildman–Crippen MR) is 75.1 cm³/mol. The molecule has 98 valence electrons. The highest BCUT2D eigenvalue weighted by Crippen LogP contribution is 2.28. The molecule has 3 fully saturated rings. The second-order valence-corrected chi connectivity index (χ2v) is 5.66. The van der Waals surface area contributed by atoms with Gasteiger partial charge >= 0.3 is 0 Å². The minimum atomic E-state index is 0.367. The summed E-state index contributed by atoms with van der Waals surface area (Å²) < 4.78 is 0. The van der Waals surface area contributed by atoms with E-state index >= 15 is 0 Å². The quantitative estimate of drug-likeness (QED) is 0.896. The molecule has 3 aliphatic rings. The number of piperazine rings is 3. The van der Waals surface area contributed by atoms with Crippen molar-refractivity contribution in [3.63, 3.8) is 0 Å². The standard InChI is InChI=1S/C14H20ClN3/c1-16-14(11-3-2-4-12(15)9-11)13-10-17-5-7-18(13)8-6-17/h2-4,9,13-14,16H,5-8,10H2,1H3. The molecular formula is C14H20ClN3. The van der Waals surface area contributed by atoms with Gasteiger partial charge in [-0.15, -0.1) is 0 Å². The molecule has 1 aromatic rings. The molecule has 2 atom stereocenters. The molecule has 1 aromatic carbocycles. The molecule has 2 unspecified atom stereocenters. The van der Waals surface area contributed by atoms with E-state index in [1.807, 2.05) is 19.2 Å². The highest BCUT2D eigenvalue weighted by atomic mass is 35.5. The van der Waals surface area contributed by atoms with Crippen LogP contribution in [-0.4, -0.2) is 55.6 Å². The highest BCUT2D eigenvalue weighted by molar-refractivity contribution is 6.30. The molecule has 0 aliphatic carbocycles. The van der Waals surface area contributed by atoms with Crippen LogP contribution in [-0.2, 0) is 0 Å². The van der Waals surface area contributed by atoms with Crippen LogP contribution in [0.1, 0.15) is 11.6 Å². The monoisotopic (exact) mass is 265 g/mol. The van der Waals surface area contributed by atoms with Crippen molar-refractivity contribution >= 4 is 11.6 Å². The van der Waals surface area contributed by atoms with E-state index in [-0.39, 0.29) is 0 Å². The average Bonchev–Trinajstić information content (AvgIpc) is 2.41. The lowest BCUT2D eigenvalue weighted by Gasteiger charge is -2.50. The molecule has 4 rings (SSSR count). The third kappa shape index (κ3) is 2.28. The topological polar surface area (TPSA) is 18.5 Å². The maximum absolute atomic E-state index is 6.11. The Kier molecular flexibility index (Phi) is 3.57. The number of benzene rings is 1. The van der Waals surface area contributed by atoms with E-state index in [4.69, 9.17) is 11.6 Å². The van der Waals surface area contributed by atoms with E-state index in [1.54, 1.807) is 0 Å². The molecule has 0 spiro atoms.